The van der Waals surface area contributed by atoms with Crippen molar-refractivity contribution in [3.63, 3.8) is 0 Å². The highest BCUT2D eigenvalue weighted by Crippen LogP contribution is 2.52. The monoisotopic (exact) mass is 578 g/mol. The number of carbonyl (C=O) groups is 5. The number of hydrogen-bond donors (Lipinski definition) is 4. The Hall–Kier alpha value is -3.93. The number of aliphatic hydroxyl groups is 2. The van der Waals surface area contributed by atoms with Gasteiger partial charge in [-0.2, -0.15) is 0 Å². The van der Waals surface area contributed by atoms with Crippen molar-refractivity contribution in [2.75, 3.05) is 14.1 Å². The van der Waals surface area contributed by atoms with E-state index in [2.05, 4.69) is 0 Å². The van der Waals surface area contributed by atoms with Crippen LogP contribution in [-0.4, -0.2) is 87.4 Å². The standard InChI is InChI=1S/C31H34N2O9/c1-13(2)42-30(40)15-7-5-6-14(10-15)17-8-9-20(34)22-18(17)11-16-12-19-24(33(3)4)26(36)23(29(32)39)28(38)31(19,41)27(37)21(16)25(22)35/h5-10,13,16,19,21,23-24,26,34,36,41H,11-12H2,1-4H3,(H2,32,39)/t16-,19-,21?,23?,24-,26?,31-/m1/s1. The minimum atomic E-state index is -2.72. The number of hydrogen-bond acceptors (Lipinski definition) is 10. The second kappa shape index (κ2) is 10.4. The number of primary amides is 1. The van der Waals surface area contributed by atoms with Crippen LogP contribution < -0.4 is 5.73 Å². The Bertz CT molecular complexity index is 1520. The Morgan fingerprint density at radius 3 is 2.40 bits per heavy atom. The lowest BCUT2D eigenvalue weighted by Crippen LogP contribution is -2.75. The maximum absolute atomic E-state index is 14.0. The summed E-state index contributed by atoms with van der Waals surface area (Å²) in [6, 6.07) is 8.62. The molecule has 0 radical (unpaired) electrons. The molecule has 5 N–H and O–H groups in total. The van der Waals surface area contributed by atoms with Crippen LogP contribution in [0.5, 0.6) is 5.75 Å². The Labute approximate surface area is 242 Å². The highest BCUT2D eigenvalue weighted by atomic mass is 16.5. The van der Waals surface area contributed by atoms with E-state index < -0.39 is 70.6 Å². The molecule has 0 aromatic heterocycles. The van der Waals surface area contributed by atoms with Gasteiger partial charge in [0.2, 0.25) is 5.91 Å². The van der Waals surface area contributed by atoms with Crippen LogP contribution in [0.25, 0.3) is 11.1 Å². The third-order valence-corrected chi connectivity index (χ3v) is 8.93. The first kappa shape index (κ1) is 29.6. The van der Waals surface area contributed by atoms with E-state index in [-0.39, 0.29) is 30.3 Å². The van der Waals surface area contributed by atoms with E-state index >= 15 is 0 Å². The normalized spacial score (nSPS) is 30.5. The van der Waals surface area contributed by atoms with Crippen molar-refractivity contribution < 1.29 is 44.0 Å². The summed E-state index contributed by atoms with van der Waals surface area (Å²) in [6.07, 6.45) is -1.75. The summed E-state index contributed by atoms with van der Waals surface area (Å²) in [6.45, 7) is 3.47. The summed E-state index contributed by atoms with van der Waals surface area (Å²) in [7, 11) is 3.18. The number of benzene rings is 2. The summed E-state index contributed by atoms with van der Waals surface area (Å²) in [4.78, 5) is 67.7. The maximum atomic E-state index is 14.0. The van der Waals surface area contributed by atoms with Crippen molar-refractivity contribution in [3.8, 4) is 16.9 Å². The molecular formula is C31H34N2O9. The van der Waals surface area contributed by atoms with E-state index in [1.54, 1.807) is 58.3 Å². The minimum Gasteiger partial charge on any atom is -0.507 e. The SMILES string of the molecule is CC(C)OC(=O)c1cccc(-c2ccc(O)c3c2C[C@@H]2C[C@@H]4[C@@H](N(C)C)C(O)C(C(N)=O)C(=O)[C@]4(O)C(=O)C2C3=O)c1. The number of phenols is 1. The molecule has 2 saturated carbocycles. The summed E-state index contributed by atoms with van der Waals surface area (Å²) in [5, 5.41) is 33.5. The van der Waals surface area contributed by atoms with Gasteiger partial charge in [-0.15, -0.1) is 0 Å². The Kier molecular flexibility index (Phi) is 7.33. The molecule has 2 aromatic carbocycles. The van der Waals surface area contributed by atoms with Gasteiger partial charge in [0, 0.05) is 12.0 Å². The summed E-state index contributed by atoms with van der Waals surface area (Å²) >= 11 is 0. The number of rotatable bonds is 5. The molecule has 42 heavy (non-hydrogen) atoms. The second-order valence-electron chi connectivity index (χ2n) is 12.0. The fourth-order valence-corrected chi connectivity index (χ4v) is 7.19. The van der Waals surface area contributed by atoms with E-state index in [4.69, 9.17) is 10.5 Å². The third-order valence-electron chi connectivity index (χ3n) is 8.93. The van der Waals surface area contributed by atoms with Gasteiger partial charge in [0.25, 0.3) is 0 Å². The fraction of sp³-hybridized carbons (Fsp3) is 0.452. The molecule has 11 nitrogen and oxygen atoms in total. The first-order valence-corrected chi connectivity index (χ1v) is 13.8. The van der Waals surface area contributed by atoms with Crippen LogP contribution in [-0.2, 0) is 25.5 Å². The first-order chi connectivity index (χ1) is 19.7. The zero-order chi connectivity index (χ0) is 30.8. The number of Topliss-reactive ketones (excluding diaryl/α,β-unsaturated/α-hetero) is 3. The number of esters is 1. The molecule has 222 valence electrons. The fourth-order valence-electron chi connectivity index (χ4n) is 7.19. The number of aliphatic hydroxyl groups excluding tert-OH is 1. The van der Waals surface area contributed by atoms with Crippen LogP contribution >= 0.6 is 0 Å². The average Bonchev–Trinajstić information content (AvgIpc) is 2.90. The average molecular weight is 579 g/mol. The molecule has 3 aliphatic carbocycles. The molecule has 0 aliphatic heterocycles. The van der Waals surface area contributed by atoms with E-state index in [0.717, 1.165) is 0 Å². The van der Waals surface area contributed by atoms with Crippen LogP contribution in [0.15, 0.2) is 36.4 Å². The Morgan fingerprint density at radius 1 is 1.10 bits per heavy atom. The van der Waals surface area contributed by atoms with Crippen molar-refractivity contribution in [1.82, 2.24) is 4.90 Å². The van der Waals surface area contributed by atoms with Crippen LogP contribution in [0.1, 0.15) is 46.5 Å². The van der Waals surface area contributed by atoms with Crippen molar-refractivity contribution in [1.29, 1.82) is 0 Å². The quantitative estimate of drug-likeness (QED) is 0.293. The molecule has 1 amide bonds. The zero-order valence-corrected chi connectivity index (χ0v) is 23.7. The molecule has 7 atom stereocenters. The topological polar surface area (TPSA) is 185 Å². The third kappa shape index (κ3) is 4.34. The molecule has 0 bridgehead atoms. The maximum Gasteiger partial charge on any atom is 0.338 e. The van der Waals surface area contributed by atoms with Gasteiger partial charge in [-0.1, -0.05) is 18.2 Å². The largest absolute Gasteiger partial charge is 0.507 e. The smallest absolute Gasteiger partial charge is 0.338 e. The molecular weight excluding hydrogens is 544 g/mol. The van der Waals surface area contributed by atoms with Gasteiger partial charge in [-0.25, -0.2) is 4.79 Å². The number of phenolic OH excluding ortho intramolecular Hbond substituents is 1. The van der Waals surface area contributed by atoms with E-state index in [0.29, 0.717) is 22.3 Å². The Morgan fingerprint density at radius 2 is 1.79 bits per heavy atom. The lowest BCUT2D eigenvalue weighted by molar-refractivity contribution is -0.190. The molecule has 2 fully saturated rings. The van der Waals surface area contributed by atoms with Gasteiger partial charge >= 0.3 is 5.97 Å². The van der Waals surface area contributed by atoms with Gasteiger partial charge in [0.05, 0.1) is 29.3 Å². The number of amides is 1. The van der Waals surface area contributed by atoms with E-state index in [9.17, 15) is 39.3 Å². The number of aromatic hydroxyl groups is 1. The minimum absolute atomic E-state index is 0.00503. The number of carbonyl (C=O) groups excluding carboxylic acids is 5. The van der Waals surface area contributed by atoms with E-state index in [1.165, 1.54) is 11.0 Å². The van der Waals surface area contributed by atoms with Crippen molar-refractivity contribution in [3.05, 3.63) is 53.1 Å². The van der Waals surface area contributed by atoms with Crippen molar-refractivity contribution in [2.45, 2.75) is 50.5 Å². The van der Waals surface area contributed by atoms with Gasteiger partial charge in [-0.05, 0) is 81.6 Å². The molecule has 3 aliphatic rings. The molecule has 3 unspecified atom stereocenters. The molecule has 5 rings (SSSR count). The van der Waals surface area contributed by atoms with E-state index in [1.807, 2.05) is 0 Å². The van der Waals surface area contributed by atoms with Gasteiger partial charge < -0.3 is 30.7 Å². The number of fused-ring (bicyclic) bond motifs is 3. The predicted octanol–water partition coefficient (Wildman–Crippen LogP) is 0.891. The molecule has 2 aromatic rings. The highest BCUT2D eigenvalue weighted by Gasteiger charge is 2.69. The zero-order valence-electron chi connectivity index (χ0n) is 23.7. The van der Waals surface area contributed by atoms with Crippen LogP contribution in [0.3, 0.4) is 0 Å². The van der Waals surface area contributed by atoms with Gasteiger partial charge in [0.15, 0.2) is 23.0 Å². The number of ketones is 3. The van der Waals surface area contributed by atoms with Gasteiger partial charge in [0.1, 0.15) is 11.7 Å². The predicted molar refractivity (Wildman–Crippen MR) is 148 cm³/mol. The summed E-state index contributed by atoms with van der Waals surface area (Å²) < 4.78 is 5.31. The first-order valence-electron chi connectivity index (χ1n) is 13.8. The van der Waals surface area contributed by atoms with Crippen molar-refractivity contribution in [2.24, 2.45) is 29.4 Å². The summed E-state index contributed by atoms with van der Waals surface area (Å²) in [5.41, 5.74) is 4.52. The van der Waals surface area contributed by atoms with Gasteiger partial charge in [-0.3, -0.25) is 19.2 Å². The molecule has 11 heteroatoms. The Balaban J connectivity index is 1.61. The number of nitrogens with two attached hydrogens (primary N) is 1. The lowest BCUT2D eigenvalue weighted by Gasteiger charge is -2.54. The molecule has 0 heterocycles. The summed E-state index contributed by atoms with van der Waals surface area (Å²) in [5.74, 6) is -10.2. The lowest BCUT2D eigenvalue weighted by atomic mass is 9.52. The highest BCUT2D eigenvalue weighted by molar-refractivity contribution is 6.25. The number of ether oxygens (including phenoxy) is 1. The molecule has 0 saturated heterocycles. The van der Waals surface area contributed by atoms with Crippen LogP contribution in [0.2, 0.25) is 0 Å². The molecule has 0 spiro atoms. The number of nitrogens with zero attached hydrogens (tertiary/aromatic N) is 1. The number of likely N-dealkylation sites (N-methyl/N-ethyl adjacent to an activating group) is 1. The second-order valence-corrected chi connectivity index (χ2v) is 12.0. The van der Waals surface area contributed by atoms with Crippen LogP contribution in [0, 0.1) is 23.7 Å². The van der Waals surface area contributed by atoms with Crippen LogP contribution in [0.4, 0.5) is 0 Å². The van der Waals surface area contributed by atoms with Crippen molar-refractivity contribution >= 4 is 29.2 Å².